The number of hydrogen-bond acceptors (Lipinski definition) is 13. The summed E-state index contributed by atoms with van der Waals surface area (Å²) in [5.41, 5.74) is 24.3. The van der Waals surface area contributed by atoms with E-state index in [0.717, 1.165) is 95.3 Å². The van der Waals surface area contributed by atoms with Gasteiger partial charge in [-0.25, -0.2) is 5.01 Å². The van der Waals surface area contributed by atoms with Gasteiger partial charge in [0.25, 0.3) is 0 Å². The Kier molecular flexibility index (Phi) is 22.5. The third kappa shape index (κ3) is 16.9. The first-order valence-electron chi connectivity index (χ1n) is 35.7. The number of hydrazone groups is 1. The summed E-state index contributed by atoms with van der Waals surface area (Å²) in [6.07, 6.45) is 27.6. The number of anilines is 3. The van der Waals surface area contributed by atoms with E-state index in [0.29, 0.717) is 30.2 Å². The van der Waals surface area contributed by atoms with Crippen molar-refractivity contribution in [1.29, 1.82) is 0 Å². The zero-order chi connectivity index (χ0) is 71.0. The number of fused-ring (bicyclic) bond motifs is 8. The lowest BCUT2D eigenvalue weighted by Crippen LogP contribution is -2.31. The molecule has 14 aromatic rings. The minimum Gasteiger partial charge on any atom is -0.384 e. The zero-order valence-corrected chi connectivity index (χ0v) is 60.4. The lowest BCUT2D eigenvalue weighted by molar-refractivity contribution is 0.308. The van der Waals surface area contributed by atoms with Crippen LogP contribution in [0.4, 0.5) is 17.1 Å². The molecule has 1 N–H and O–H groups in total. The van der Waals surface area contributed by atoms with E-state index < -0.39 is 0 Å². The average molecular weight is 1430 g/mol. The molecule has 5 aliphatic rings. The van der Waals surface area contributed by atoms with Gasteiger partial charge in [0.1, 0.15) is 0 Å². The van der Waals surface area contributed by atoms with E-state index in [-0.39, 0.29) is 0 Å². The van der Waals surface area contributed by atoms with Gasteiger partial charge in [0.2, 0.25) is 0 Å². The van der Waals surface area contributed by atoms with Crippen molar-refractivity contribution < 1.29 is 0 Å². The van der Waals surface area contributed by atoms with Crippen molar-refractivity contribution >= 4 is 71.4 Å². The van der Waals surface area contributed by atoms with Crippen LogP contribution in [0.1, 0.15) is 93.3 Å². The van der Waals surface area contributed by atoms with Crippen molar-refractivity contribution in [2.75, 3.05) is 48.6 Å². The number of aromatic nitrogens is 8. The Labute approximate surface area is 616 Å². The first-order chi connectivity index (χ1) is 51.2. The van der Waals surface area contributed by atoms with Crippen molar-refractivity contribution in [2.24, 2.45) is 10.4 Å². The molecule has 0 amide bonds. The maximum atomic E-state index is 11.0. The molecule has 0 saturated heterocycles. The second-order valence-electron chi connectivity index (χ2n) is 27.2. The first kappa shape index (κ1) is 69.6. The zero-order valence-electron chi connectivity index (χ0n) is 58.8. The van der Waals surface area contributed by atoms with Crippen LogP contribution in [0.2, 0.25) is 0 Å². The van der Waals surface area contributed by atoms with E-state index in [2.05, 4.69) is 215 Å². The summed E-state index contributed by atoms with van der Waals surface area (Å²) in [5, 5.41) is 18.8. The van der Waals surface area contributed by atoms with Crippen LogP contribution in [-0.4, -0.2) is 83.3 Å². The molecule has 0 aliphatic carbocycles. The predicted molar refractivity (Wildman–Crippen MR) is 426 cm³/mol. The van der Waals surface area contributed by atoms with Gasteiger partial charge in [-0.15, -0.1) is 4.91 Å². The van der Waals surface area contributed by atoms with Gasteiger partial charge in [-0.3, -0.25) is 39.9 Å². The molecule has 0 radical (unpaired) electrons. The maximum absolute atomic E-state index is 11.0. The maximum Gasteiger partial charge on any atom is 0.0702 e. The number of rotatable bonds is 7. The summed E-state index contributed by atoms with van der Waals surface area (Å²) in [7, 11) is 2.23. The molecule has 0 bridgehead atoms. The van der Waals surface area contributed by atoms with Crippen molar-refractivity contribution in [3.63, 3.8) is 0 Å². The number of nitrogens with one attached hydrogen (secondary N) is 1. The SMILES string of the molecule is Brc1cnc2ccccc2c1.CC(C)=NN1CC(c2ccncc2)Cc2ccccc21.CN1CCc2c(c3cccc4c3n2CC(c2ccncc2)C4)C1.O=NN1CC(c2ccncc2)Cc2ccccc21.c1ccc2c(c1)CC(c1ccncc1)CN2.c1ccc2ncc(-c3ccncc3)cc2c1. The van der Waals surface area contributed by atoms with Gasteiger partial charge in [0, 0.05) is 180 Å². The first-order valence-corrected chi connectivity index (χ1v) is 36.5. The van der Waals surface area contributed by atoms with Gasteiger partial charge in [0.15, 0.2) is 0 Å². The Hall–Kier alpha value is -11.5. The van der Waals surface area contributed by atoms with E-state index in [4.69, 9.17) is 0 Å². The third-order valence-electron chi connectivity index (χ3n) is 20.0. The van der Waals surface area contributed by atoms with Crippen LogP contribution in [0, 0.1) is 4.91 Å². The Balaban J connectivity index is 0.000000107. The van der Waals surface area contributed by atoms with Crippen LogP contribution in [0.5, 0.6) is 0 Å². The Morgan fingerprint density at radius 2 is 0.942 bits per heavy atom. The van der Waals surface area contributed by atoms with Crippen molar-refractivity contribution in [3.8, 4) is 11.1 Å². The van der Waals surface area contributed by atoms with Crippen LogP contribution >= 0.6 is 15.9 Å². The number of para-hydroxylation sites is 6. The molecule has 0 saturated carbocycles. The molecule has 8 aromatic heterocycles. The van der Waals surface area contributed by atoms with Crippen LogP contribution < -0.4 is 15.3 Å². The highest BCUT2D eigenvalue weighted by Gasteiger charge is 2.31. The normalized spacial score (nSPS) is 16.7. The van der Waals surface area contributed by atoms with Crippen molar-refractivity contribution in [3.05, 3.63) is 352 Å². The van der Waals surface area contributed by atoms with Crippen LogP contribution in [0.3, 0.4) is 0 Å². The number of nitroso groups, excluding NO2 is 1. The number of halogens is 1. The van der Waals surface area contributed by atoms with Gasteiger partial charge in [-0.2, -0.15) is 5.10 Å². The topological polar surface area (TPSA) is 159 Å². The molecular weight excluding hydrogens is 1350 g/mol. The second-order valence-corrected chi connectivity index (χ2v) is 28.1. The van der Waals surface area contributed by atoms with E-state index in [9.17, 15) is 4.91 Å². The molecule has 16 heteroatoms. The fourth-order valence-corrected chi connectivity index (χ4v) is 15.2. The molecular formula is C88H83BrN14O. The van der Waals surface area contributed by atoms with E-state index >= 15 is 0 Å². The quantitative estimate of drug-likeness (QED) is 0.119. The Morgan fingerprint density at radius 1 is 0.471 bits per heavy atom. The molecule has 104 heavy (non-hydrogen) atoms. The molecule has 19 rings (SSSR count). The van der Waals surface area contributed by atoms with Gasteiger partial charge in [0.05, 0.1) is 39.8 Å². The predicted octanol–water partition coefficient (Wildman–Crippen LogP) is 19.0. The third-order valence-corrected chi connectivity index (χ3v) is 20.4. The van der Waals surface area contributed by atoms with E-state index in [1.807, 2.05) is 148 Å². The monoisotopic (exact) mass is 1430 g/mol. The van der Waals surface area contributed by atoms with E-state index in [1.54, 1.807) is 41.1 Å². The molecule has 0 spiro atoms. The smallest absolute Gasteiger partial charge is 0.0702 e. The number of nitrogens with zero attached hydrogens (tertiary/aromatic N) is 13. The highest BCUT2D eigenvalue weighted by molar-refractivity contribution is 9.10. The molecule has 13 heterocycles. The van der Waals surface area contributed by atoms with Crippen LogP contribution in [0.25, 0.3) is 43.8 Å². The lowest BCUT2D eigenvalue weighted by atomic mass is 9.88. The average Bonchev–Trinajstić information content (AvgIpc) is 1.58. The number of hydrogen-bond donors (Lipinski definition) is 1. The molecule has 0 fully saturated rings. The molecule has 5 aliphatic heterocycles. The summed E-state index contributed by atoms with van der Waals surface area (Å²) in [5.74, 6) is 1.89. The van der Waals surface area contributed by atoms with Gasteiger partial charge < -0.3 is 14.8 Å². The largest absolute Gasteiger partial charge is 0.384 e. The van der Waals surface area contributed by atoms with Crippen molar-refractivity contribution in [2.45, 2.75) is 82.7 Å². The minimum atomic E-state index is 0.292. The Bertz CT molecular complexity index is 5200. The molecule has 15 nitrogen and oxygen atoms in total. The molecule has 4 atom stereocenters. The highest BCUT2D eigenvalue weighted by Crippen LogP contribution is 2.41. The van der Waals surface area contributed by atoms with Crippen molar-refractivity contribution in [1.82, 2.24) is 44.4 Å². The van der Waals surface area contributed by atoms with E-state index in [1.165, 1.54) is 85.1 Å². The molecule has 518 valence electrons. The summed E-state index contributed by atoms with van der Waals surface area (Å²) in [6, 6.07) is 73.1. The minimum absolute atomic E-state index is 0.292. The fourth-order valence-electron chi connectivity index (χ4n) is 14.9. The second kappa shape index (κ2) is 33.6. The molecule has 4 unspecified atom stereocenters. The van der Waals surface area contributed by atoms with Gasteiger partial charge >= 0.3 is 0 Å². The number of pyridine rings is 7. The number of benzene rings is 6. The number of likely N-dealkylation sites (N-methyl/N-ethyl adjacent to an activating group) is 1. The summed E-state index contributed by atoms with van der Waals surface area (Å²) < 4.78 is 3.65. The van der Waals surface area contributed by atoms with Gasteiger partial charge in [-0.1, -0.05) is 109 Å². The standard InChI is InChI=1S/C20H21N3.C17H19N3.C14H13N3O.C14H14N2.C14H10N2.C9H6BrN/c1-22-10-7-19-18(13-22)17-4-2-3-15-11-16(12-23(19)20(15)17)14-5-8-21-9-6-14;1-13(2)19-20-12-16(14-7-9-18-10-8-14)11-15-5-3-4-6-17(15)20;18-16-17-10-13(11-5-7-15-8-6-11)9-12-3-1-2-4-14(12)17;2*1-2-4-14-12(3-1)9-13(10-16-14)11-5-7-15-8-6-11;10-8-5-7-3-1-2-4-9(7)11-6-8/h2-6,8-9,16H,7,10-13H2,1H3;3-10,16H,11-12H2,1-2H3;1-8,13H,9-10H2;1-8,13,16H,9-10H2;1-10H;1-6H. The lowest BCUT2D eigenvalue weighted by Gasteiger charge is -2.33. The van der Waals surface area contributed by atoms with Crippen LogP contribution in [0.15, 0.2) is 302 Å². The molecule has 6 aromatic carbocycles. The van der Waals surface area contributed by atoms with Crippen LogP contribution in [-0.2, 0) is 45.2 Å². The fraction of sp³-hybridized carbons (Fsp3) is 0.205. The highest BCUT2D eigenvalue weighted by atomic mass is 79.9. The summed E-state index contributed by atoms with van der Waals surface area (Å²) >= 11 is 3.37. The Morgan fingerprint density at radius 3 is 1.54 bits per heavy atom. The van der Waals surface area contributed by atoms with Gasteiger partial charge in [-0.05, 0) is 221 Å². The summed E-state index contributed by atoms with van der Waals surface area (Å²) in [4.78, 5) is 42.5. The summed E-state index contributed by atoms with van der Waals surface area (Å²) in [6.45, 7) is 10.0.